The van der Waals surface area contributed by atoms with Gasteiger partial charge >= 0.3 is 0 Å². The Hall–Kier alpha value is -1.81. The van der Waals surface area contributed by atoms with Gasteiger partial charge in [-0.3, -0.25) is 4.98 Å². The molecule has 2 heterocycles. The molecule has 31 heavy (non-hydrogen) atoms. The molecule has 2 unspecified atom stereocenters. The molecule has 0 spiro atoms. The molecule has 1 aliphatic heterocycles. The number of aromatic nitrogens is 1. The highest BCUT2D eigenvalue weighted by molar-refractivity contribution is 5.61. The van der Waals surface area contributed by atoms with Gasteiger partial charge in [-0.2, -0.15) is 0 Å². The molecule has 1 aromatic heterocycles. The summed E-state index contributed by atoms with van der Waals surface area (Å²) >= 11 is 0. The molecule has 0 radical (unpaired) electrons. The molecule has 0 amide bonds. The maximum atomic E-state index is 15.0. The quantitative estimate of drug-likeness (QED) is 0.470. The van der Waals surface area contributed by atoms with E-state index in [1.165, 1.54) is 6.42 Å². The van der Waals surface area contributed by atoms with Crippen LogP contribution in [0, 0.1) is 17.6 Å². The van der Waals surface area contributed by atoms with Crippen LogP contribution in [0.1, 0.15) is 94.6 Å². The molecule has 4 heteroatoms. The number of hydrogen-bond acceptors (Lipinski definition) is 2. The topological polar surface area (TPSA) is 22.1 Å². The first kappa shape index (κ1) is 22.4. The van der Waals surface area contributed by atoms with Gasteiger partial charge in [-0.1, -0.05) is 38.8 Å². The predicted octanol–water partition coefficient (Wildman–Crippen LogP) is 7.77. The van der Waals surface area contributed by atoms with Gasteiger partial charge in [0.05, 0.1) is 18.4 Å². The van der Waals surface area contributed by atoms with Crippen molar-refractivity contribution < 1.29 is 13.5 Å². The van der Waals surface area contributed by atoms with Crippen molar-refractivity contribution in [2.24, 2.45) is 5.92 Å². The first-order chi connectivity index (χ1) is 15.1. The zero-order valence-electron chi connectivity index (χ0n) is 18.9. The third-order valence-electron chi connectivity index (χ3n) is 7.49. The minimum atomic E-state index is -0.765. The van der Waals surface area contributed by atoms with Gasteiger partial charge in [0.25, 0.3) is 0 Å². The first-order valence-corrected chi connectivity index (χ1v) is 12.2. The van der Waals surface area contributed by atoms with Crippen LogP contribution in [0.4, 0.5) is 8.78 Å². The van der Waals surface area contributed by atoms with E-state index in [0.717, 1.165) is 62.8 Å². The van der Waals surface area contributed by atoms with Crippen molar-refractivity contribution in [2.45, 2.75) is 89.6 Å². The average molecular weight is 428 g/mol. The van der Waals surface area contributed by atoms with Crippen LogP contribution >= 0.6 is 0 Å². The van der Waals surface area contributed by atoms with Crippen LogP contribution in [0.25, 0.3) is 11.3 Å². The van der Waals surface area contributed by atoms with Gasteiger partial charge in [0.1, 0.15) is 0 Å². The smallest absolute Gasteiger partial charge is 0.168 e. The zero-order valence-corrected chi connectivity index (χ0v) is 18.9. The van der Waals surface area contributed by atoms with Gasteiger partial charge < -0.3 is 4.74 Å². The number of ether oxygens (including phenoxy) is 1. The molecule has 2 atom stereocenters. The SMILES string of the molecule is CCCC1CCC(c2ccc(-c3ccc(C4CCC(CC)CC4)c(F)c3F)nc2)CO1. The summed E-state index contributed by atoms with van der Waals surface area (Å²) in [6.45, 7) is 5.11. The molecule has 1 aliphatic carbocycles. The summed E-state index contributed by atoms with van der Waals surface area (Å²) in [5, 5.41) is 0. The lowest BCUT2D eigenvalue weighted by atomic mass is 9.77. The summed E-state index contributed by atoms with van der Waals surface area (Å²) in [4.78, 5) is 4.48. The fraction of sp³-hybridized carbons (Fsp3) is 0.593. The Morgan fingerprint density at radius 1 is 0.903 bits per heavy atom. The standard InChI is InChI=1S/C27H35F2NO/c1-3-5-22-12-10-21(17-31-22)20-11-15-25(30-16-20)24-14-13-23(26(28)27(24)29)19-8-6-18(4-2)7-9-19/h11,13-16,18-19,21-22H,3-10,12,17H2,1-2H3. The monoisotopic (exact) mass is 427 g/mol. The van der Waals surface area contributed by atoms with Crippen LogP contribution in [-0.2, 0) is 4.74 Å². The third-order valence-corrected chi connectivity index (χ3v) is 7.49. The number of benzene rings is 1. The molecular formula is C27H35F2NO. The van der Waals surface area contributed by atoms with Crippen molar-refractivity contribution in [1.29, 1.82) is 0 Å². The van der Waals surface area contributed by atoms with Crippen molar-refractivity contribution in [3.05, 3.63) is 53.2 Å². The lowest BCUT2D eigenvalue weighted by molar-refractivity contribution is -0.00116. The second-order valence-corrected chi connectivity index (χ2v) is 9.45. The van der Waals surface area contributed by atoms with E-state index in [1.807, 2.05) is 12.1 Å². The summed E-state index contributed by atoms with van der Waals surface area (Å²) in [6.07, 6.45) is 11.9. The largest absolute Gasteiger partial charge is 0.378 e. The van der Waals surface area contributed by atoms with Crippen LogP contribution in [0.3, 0.4) is 0 Å². The summed E-state index contributed by atoms with van der Waals surface area (Å²) in [5.74, 6) is -0.260. The first-order valence-electron chi connectivity index (χ1n) is 12.2. The van der Waals surface area contributed by atoms with Crippen LogP contribution in [-0.4, -0.2) is 17.7 Å². The van der Waals surface area contributed by atoms with Gasteiger partial charge in [-0.25, -0.2) is 8.78 Å². The molecule has 168 valence electrons. The fourth-order valence-corrected chi connectivity index (χ4v) is 5.38. The third kappa shape index (κ3) is 5.00. The van der Waals surface area contributed by atoms with Gasteiger partial charge in [-0.05, 0) is 80.0 Å². The molecule has 1 saturated heterocycles. The lowest BCUT2D eigenvalue weighted by Gasteiger charge is -2.29. The zero-order chi connectivity index (χ0) is 21.8. The number of hydrogen-bond donors (Lipinski definition) is 0. The van der Waals surface area contributed by atoms with E-state index in [-0.39, 0.29) is 11.5 Å². The Morgan fingerprint density at radius 3 is 2.29 bits per heavy atom. The fourth-order valence-electron chi connectivity index (χ4n) is 5.38. The molecule has 0 bridgehead atoms. The van der Waals surface area contributed by atoms with Crippen molar-refractivity contribution in [3.63, 3.8) is 0 Å². The van der Waals surface area contributed by atoms with Crippen molar-refractivity contribution >= 4 is 0 Å². The van der Waals surface area contributed by atoms with Crippen molar-refractivity contribution in [2.75, 3.05) is 6.61 Å². The maximum absolute atomic E-state index is 15.0. The van der Waals surface area contributed by atoms with E-state index >= 15 is 0 Å². The van der Waals surface area contributed by atoms with Crippen LogP contribution in [0.2, 0.25) is 0 Å². The van der Waals surface area contributed by atoms with Gasteiger partial charge in [0.15, 0.2) is 11.6 Å². The van der Waals surface area contributed by atoms with Gasteiger partial charge in [-0.15, -0.1) is 0 Å². The van der Waals surface area contributed by atoms with E-state index < -0.39 is 11.6 Å². The van der Waals surface area contributed by atoms with E-state index in [2.05, 4.69) is 18.8 Å². The second-order valence-electron chi connectivity index (χ2n) is 9.45. The Morgan fingerprint density at radius 2 is 1.68 bits per heavy atom. The average Bonchev–Trinajstić information content (AvgIpc) is 2.82. The molecule has 2 fully saturated rings. The van der Waals surface area contributed by atoms with E-state index in [4.69, 9.17) is 4.74 Å². The Balaban J connectivity index is 1.45. The molecule has 0 N–H and O–H groups in total. The number of rotatable bonds is 6. The Bertz CT molecular complexity index is 850. The second kappa shape index (κ2) is 10.2. The number of nitrogens with zero attached hydrogens (tertiary/aromatic N) is 1. The minimum absolute atomic E-state index is 0.129. The van der Waals surface area contributed by atoms with Gasteiger partial charge in [0, 0.05) is 17.7 Å². The van der Waals surface area contributed by atoms with Crippen molar-refractivity contribution in [3.8, 4) is 11.3 Å². The number of pyridine rings is 1. The van der Waals surface area contributed by atoms with E-state index in [1.54, 1.807) is 18.3 Å². The highest BCUT2D eigenvalue weighted by Crippen LogP contribution is 2.39. The Labute approximate surface area is 185 Å². The predicted molar refractivity (Wildman–Crippen MR) is 121 cm³/mol. The summed E-state index contributed by atoms with van der Waals surface area (Å²) in [7, 11) is 0. The molecule has 2 aliphatic rings. The van der Waals surface area contributed by atoms with Gasteiger partial charge in [0.2, 0.25) is 0 Å². The van der Waals surface area contributed by atoms with Crippen molar-refractivity contribution in [1.82, 2.24) is 4.98 Å². The number of halogens is 2. The summed E-state index contributed by atoms with van der Waals surface area (Å²) < 4.78 is 35.9. The van der Waals surface area contributed by atoms with Crippen LogP contribution in [0.5, 0.6) is 0 Å². The maximum Gasteiger partial charge on any atom is 0.168 e. The summed E-state index contributed by atoms with van der Waals surface area (Å²) in [6, 6.07) is 7.30. The van der Waals surface area contributed by atoms with E-state index in [0.29, 0.717) is 29.9 Å². The molecule has 2 nitrogen and oxygen atoms in total. The molecule has 4 rings (SSSR count). The van der Waals surface area contributed by atoms with Crippen LogP contribution in [0.15, 0.2) is 30.5 Å². The molecule has 2 aromatic rings. The van der Waals surface area contributed by atoms with Crippen LogP contribution < -0.4 is 0 Å². The highest BCUT2D eigenvalue weighted by atomic mass is 19.2. The summed E-state index contributed by atoms with van der Waals surface area (Å²) in [5.41, 5.74) is 2.39. The normalized spacial score (nSPS) is 26.7. The molecule has 1 aromatic carbocycles. The minimum Gasteiger partial charge on any atom is -0.378 e. The molecular weight excluding hydrogens is 392 g/mol. The highest BCUT2D eigenvalue weighted by Gasteiger charge is 2.27. The lowest BCUT2D eigenvalue weighted by Crippen LogP contribution is -2.24. The molecule has 1 saturated carbocycles. The van der Waals surface area contributed by atoms with E-state index in [9.17, 15) is 8.78 Å². The Kier molecular flexibility index (Phi) is 7.37.